The van der Waals surface area contributed by atoms with Crippen LogP contribution in [0.2, 0.25) is 0 Å². The van der Waals surface area contributed by atoms with E-state index in [0.717, 1.165) is 54.5 Å². The van der Waals surface area contributed by atoms with Gasteiger partial charge >= 0.3 is 0 Å². The number of pyridine rings is 1. The number of carbonyl (C=O) groups is 1. The molecule has 5 rings (SSSR count). The lowest BCUT2D eigenvalue weighted by Crippen LogP contribution is -2.54. The average molecular weight is 453 g/mol. The van der Waals surface area contributed by atoms with Crippen LogP contribution in [0.15, 0.2) is 24.5 Å². The lowest BCUT2D eigenvalue weighted by atomic mass is 9.44. The molecule has 1 amide bonds. The van der Waals surface area contributed by atoms with Crippen LogP contribution in [0.5, 0.6) is 0 Å². The molecular weight excluding hydrogens is 408 g/mol. The number of carbonyl (C=O) groups excluding carboxylic acids is 1. The second kappa shape index (κ2) is 8.98. The molecule has 2 N–H and O–H groups in total. The Morgan fingerprint density at radius 2 is 1.79 bits per heavy atom. The third kappa shape index (κ3) is 4.15. The fourth-order valence-corrected chi connectivity index (χ4v) is 9.43. The first-order valence-electron chi connectivity index (χ1n) is 13.7. The minimum absolute atomic E-state index is 0.0547. The van der Waals surface area contributed by atoms with E-state index in [4.69, 9.17) is 0 Å². The van der Waals surface area contributed by atoms with Gasteiger partial charge in [-0.2, -0.15) is 0 Å². The van der Waals surface area contributed by atoms with Gasteiger partial charge in [0.25, 0.3) is 0 Å². The number of hydrogen-bond acceptors (Lipinski definition) is 3. The molecule has 4 heteroatoms. The van der Waals surface area contributed by atoms with Gasteiger partial charge in [0, 0.05) is 24.5 Å². The van der Waals surface area contributed by atoms with Gasteiger partial charge in [-0.15, -0.1) is 0 Å². The number of fused-ring (bicyclic) bond motifs is 5. The maximum atomic E-state index is 12.5. The number of hydrogen-bond donors (Lipinski definition) is 2. The average Bonchev–Trinajstić information content (AvgIpc) is 3.16. The van der Waals surface area contributed by atoms with Crippen LogP contribution in [0.25, 0.3) is 0 Å². The van der Waals surface area contributed by atoms with E-state index in [9.17, 15) is 9.90 Å². The Balaban J connectivity index is 1.22. The quantitative estimate of drug-likeness (QED) is 0.539. The van der Waals surface area contributed by atoms with E-state index in [1.54, 1.807) is 12.4 Å². The Labute approximate surface area is 200 Å². The second-order valence-corrected chi connectivity index (χ2v) is 12.6. The summed E-state index contributed by atoms with van der Waals surface area (Å²) in [4.78, 5) is 16.5. The molecule has 4 aliphatic carbocycles. The van der Waals surface area contributed by atoms with Crippen LogP contribution in [0.1, 0.15) is 91.4 Å². The highest BCUT2D eigenvalue weighted by atomic mass is 16.3. The van der Waals surface area contributed by atoms with Crippen molar-refractivity contribution in [1.29, 1.82) is 0 Å². The molecule has 182 valence electrons. The van der Waals surface area contributed by atoms with E-state index in [2.05, 4.69) is 31.1 Å². The number of nitrogens with one attached hydrogen (secondary N) is 1. The summed E-state index contributed by atoms with van der Waals surface area (Å²) in [6.45, 7) is 7.60. The number of anilines is 1. The third-order valence-electron chi connectivity index (χ3n) is 11.2. The molecule has 1 aromatic heterocycles. The van der Waals surface area contributed by atoms with Crippen molar-refractivity contribution in [3.8, 4) is 0 Å². The zero-order chi connectivity index (χ0) is 23.2. The molecule has 9 atom stereocenters. The lowest BCUT2D eigenvalue weighted by molar-refractivity contribution is -0.129. The highest BCUT2D eigenvalue weighted by molar-refractivity contribution is 5.90. The summed E-state index contributed by atoms with van der Waals surface area (Å²) in [7, 11) is 0. The van der Waals surface area contributed by atoms with Crippen molar-refractivity contribution in [2.75, 3.05) is 5.32 Å². The Hall–Kier alpha value is -1.42. The number of amides is 1. The predicted octanol–water partition coefficient (Wildman–Crippen LogP) is 6.46. The zero-order valence-electron chi connectivity index (χ0n) is 20.9. The topological polar surface area (TPSA) is 62.2 Å². The van der Waals surface area contributed by atoms with E-state index in [-0.39, 0.29) is 12.0 Å². The minimum atomic E-state index is -0.0547. The molecule has 0 saturated heterocycles. The number of aliphatic hydroxyl groups is 1. The molecule has 0 aromatic carbocycles. The van der Waals surface area contributed by atoms with Crippen molar-refractivity contribution < 1.29 is 9.90 Å². The van der Waals surface area contributed by atoms with Gasteiger partial charge in [0.15, 0.2) is 0 Å². The van der Waals surface area contributed by atoms with Gasteiger partial charge in [-0.05, 0) is 123 Å². The number of nitrogens with zero attached hydrogens (tertiary/aromatic N) is 1. The summed E-state index contributed by atoms with van der Waals surface area (Å²) >= 11 is 0. The largest absolute Gasteiger partial charge is 0.393 e. The highest BCUT2D eigenvalue weighted by Gasteiger charge is 2.60. The molecule has 33 heavy (non-hydrogen) atoms. The van der Waals surface area contributed by atoms with E-state index in [1.165, 1.54) is 44.9 Å². The monoisotopic (exact) mass is 452 g/mol. The fraction of sp³-hybridized carbons (Fsp3) is 0.793. The maximum Gasteiger partial charge on any atom is 0.224 e. The summed E-state index contributed by atoms with van der Waals surface area (Å²) in [6, 6.07) is 3.70. The van der Waals surface area contributed by atoms with E-state index in [0.29, 0.717) is 23.2 Å². The Bertz CT molecular complexity index is 843. The van der Waals surface area contributed by atoms with Gasteiger partial charge in [-0.3, -0.25) is 9.78 Å². The van der Waals surface area contributed by atoms with Crippen LogP contribution < -0.4 is 5.32 Å². The first-order chi connectivity index (χ1) is 15.8. The Morgan fingerprint density at radius 3 is 2.58 bits per heavy atom. The Kier molecular flexibility index (Phi) is 6.35. The van der Waals surface area contributed by atoms with Crippen LogP contribution >= 0.6 is 0 Å². The number of aromatic nitrogens is 1. The first kappa shape index (κ1) is 23.3. The van der Waals surface area contributed by atoms with Crippen LogP contribution in [-0.2, 0) is 4.79 Å². The molecular formula is C29H44N2O2. The van der Waals surface area contributed by atoms with Gasteiger partial charge in [0.2, 0.25) is 5.91 Å². The third-order valence-corrected chi connectivity index (χ3v) is 11.2. The highest BCUT2D eigenvalue weighted by Crippen LogP contribution is 2.68. The first-order valence-corrected chi connectivity index (χ1v) is 13.7. The van der Waals surface area contributed by atoms with Crippen molar-refractivity contribution in [2.24, 2.45) is 46.3 Å². The second-order valence-electron chi connectivity index (χ2n) is 12.6. The van der Waals surface area contributed by atoms with E-state index in [1.807, 2.05) is 12.1 Å². The number of rotatable bonds is 5. The molecule has 4 nitrogen and oxygen atoms in total. The summed E-state index contributed by atoms with van der Waals surface area (Å²) in [5.74, 6) is 4.81. The molecule has 1 heterocycles. The van der Waals surface area contributed by atoms with Gasteiger partial charge < -0.3 is 10.4 Å². The summed E-state index contributed by atoms with van der Waals surface area (Å²) in [5, 5.41) is 13.3. The van der Waals surface area contributed by atoms with Gasteiger partial charge in [0.05, 0.1) is 6.10 Å². The molecule has 0 aliphatic heterocycles. The van der Waals surface area contributed by atoms with Crippen molar-refractivity contribution in [2.45, 2.75) is 97.5 Å². The molecule has 0 unspecified atom stereocenters. The molecule has 0 radical (unpaired) electrons. The molecule has 4 saturated carbocycles. The molecule has 0 spiro atoms. The molecule has 1 aromatic rings. The van der Waals surface area contributed by atoms with Crippen LogP contribution in [0.3, 0.4) is 0 Å². The minimum Gasteiger partial charge on any atom is -0.393 e. The fourth-order valence-electron chi connectivity index (χ4n) is 9.43. The van der Waals surface area contributed by atoms with Crippen molar-refractivity contribution in [1.82, 2.24) is 4.98 Å². The molecule has 4 fully saturated rings. The van der Waals surface area contributed by atoms with Gasteiger partial charge in [-0.25, -0.2) is 0 Å². The van der Waals surface area contributed by atoms with E-state index >= 15 is 0 Å². The SMILES string of the molecule is C[C@H](CCC(=O)Nc1ccncc1)[C@H]1CC[C@H]2[C@@H]3CC[C@H]4C[C@@H](O)CC[C@]4(C)[C@H]3CC[C@]12C. The maximum absolute atomic E-state index is 12.5. The predicted molar refractivity (Wildman–Crippen MR) is 132 cm³/mol. The van der Waals surface area contributed by atoms with Gasteiger partial charge in [0.1, 0.15) is 0 Å². The van der Waals surface area contributed by atoms with Crippen molar-refractivity contribution in [3.63, 3.8) is 0 Å². The molecule has 4 aliphatic rings. The lowest BCUT2D eigenvalue weighted by Gasteiger charge is -2.61. The summed E-state index contributed by atoms with van der Waals surface area (Å²) in [5.41, 5.74) is 1.74. The van der Waals surface area contributed by atoms with Crippen LogP contribution in [0.4, 0.5) is 5.69 Å². The normalized spacial score (nSPS) is 43.2. The van der Waals surface area contributed by atoms with Gasteiger partial charge in [-0.1, -0.05) is 20.8 Å². The zero-order valence-corrected chi connectivity index (χ0v) is 20.9. The Morgan fingerprint density at radius 1 is 1.06 bits per heavy atom. The van der Waals surface area contributed by atoms with Crippen LogP contribution in [0, 0.1) is 46.3 Å². The van der Waals surface area contributed by atoms with E-state index < -0.39 is 0 Å². The van der Waals surface area contributed by atoms with Crippen molar-refractivity contribution >= 4 is 11.6 Å². The standard InChI is InChI=1S/C29H44N2O2/c1-19(4-9-27(33)31-21-12-16-30-17-13-21)24-7-8-25-23-6-5-20-18-22(32)10-14-28(20,2)26(23)11-15-29(24,25)3/h12-13,16-17,19-20,22-26,32H,4-11,14-15,18H2,1-3H3,(H,30,31,33)/t19-,20+,22+,23+,24-,25+,26+,28+,29-/m1/s1. The molecule has 0 bridgehead atoms. The summed E-state index contributed by atoms with van der Waals surface area (Å²) in [6.07, 6.45) is 16.5. The smallest absolute Gasteiger partial charge is 0.224 e. The number of aliphatic hydroxyl groups excluding tert-OH is 1. The van der Waals surface area contributed by atoms with Crippen LogP contribution in [-0.4, -0.2) is 22.1 Å². The summed E-state index contributed by atoms with van der Waals surface area (Å²) < 4.78 is 0. The van der Waals surface area contributed by atoms with Crippen molar-refractivity contribution in [3.05, 3.63) is 24.5 Å².